The summed E-state index contributed by atoms with van der Waals surface area (Å²) in [6.07, 6.45) is 0.803. The average Bonchev–Trinajstić information content (AvgIpc) is 2.94. The van der Waals surface area contributed by atoms with Crippen molar-refractivity contribution in [1.82, 2.24) is 10.3 Å². The molecule has 0 fully saturated rings. The molecule has 0 atom stereocenters. The standard InChI is InChI=1S/C15H18N2O2S/c1-11-4-6-12(7-5-11)15-17-13(10-20-15)14(18)16-8-3-9-19-2/h4-7,10H,3,8-9H2,1-2H3,(H,16,18). The van der Waals surface area contributed by atoms with Crippen molar-refractivity contribution in [3.63, 3.8) is 0 Å². The van der Waals surface area contributed by atoms with E-state index in [0.29, 0.717) is 18.8 Å². The van der Waals surface area contributed by atoms with Gasteiger partial charge in [-0.1, -0.05) is 29.8 Å². The van der Waals surface area contributed by atoms with Crippen molar-refractivity contribution in [3.8, 4) is 10.6 Å². The van der Waals surface area contributed by atoms with Gasteiger partial charge in [-0.25, -0.2) is 4.98 Å². The van der Waals surface area contributed by atoms with Gasteiger partial charge in [-0.15, -0.1) is 11.3 Å². The molecule has 0 aliphatic carbocycles. The number of benzene rings is 1. The summed E-state index contributed by atoms with van der Waals surface area (Å²) >= 11 is 1.48. The molecular weight excluding hydrogens is 272 g/mol. The lowest BCUT2D eigenvalue weighted by Gasteiger charge is -2.02. The third kappa shape index (κ3) is 3.88. The molecule has 0 radical (unpaired) electrons. The molecule has 20 heavy (non-hydrogen) atoms. The molecule has 1 amide bonds. The van der Waals surface area contributed by atoms with Crippen molar-refractivity contribution in [1.29, 1.82) is 0 Å². The zero-order chi connectivity index (χ0) is 14.4. The van der Waals surface area contributed by atoms with Gasteiger partial charge >= 0.3 is 0 Å². The highest BCUT2D eigenvalue weighted by molar-refractivity contribution is 7.13. The van der Waals surface area contributed by atoms with Gasteiger partial charge in [0.15, 0.2) is 0 Å². The van der Waals surface area contributed by atoms with Gasteiger partial charge in [-0.3, -0.25) is 4.79 Å². The summed E-state index contributed by atoms with van der Waals surface area (Å²) in [6, 6.07) is 8.13. The highest BCUT2D eigenvalue weighted by atomic mass is 32.1. The number of hydrogen-bond acceptors (Lipinski definition) is 4. The fraction of sp³-hybridized carbons (Fsp3) is 0.333. The van der Waals surface area contributed by atoms with Gasteiger partial charge in [-0.05, 0) is 13.3 Å². The topological polar surface area (TPSA) is 51.2 Å². The minimum Gasteiger partial charge on any atom is -0.385 e. The molecule has 0 aliphatic heterocycles. The number of aryl methyl sites for hydroxylation is 1. The highest BCUT2D eigenvalue weighted by Gasteiger charge is 2.11. The number of thiazole rings is 1. The molecule has 0 spiro atoms. The summed E-state index contributed by atoms with van der Waals surface area (Å²) in [7, 11) is 1.65. The molecule has 0 saturated heterocycles. The maximum Gasteiger partial charge on any atom is 0.270 e. The van der Waals surface area contributed by atoms with Crippen molar-refractivity contribution >= 4 is 17.2 Å². The average molecular weight is 290 g/mol. The molecule has 1 aromatic heterocycles. The minimum atomic E-state index is -0.129. The molecule has 0 bridgehead atoms. The van der Waals surface area contributed by atoms with Crippen LogP contribution in [0.3, 0.4) is 0 Å². The van der Waals surface area contributed by atoms with Gasteiger partial charge in [0, 0.05) is 31.2 Å². The number of amides is 1. The van der Waals surface area contributed by atoms with Crippen LogP contribution in [0.15, 0.2) is 29.6 Å². The lowest BCUT2D eigenvalue weighted by atomic mass is 10.2. The Morgan fingerprint density at radius 2 is 2.10 bits per heavy atom. The zero-order valence-electron chi connectivity index (χ0n) is 11.7. The maximum atomic E-state index is 11.9. The summed E-state index contributed by atoms with van der Waals surface area (Å²) in [4.78, 5) is 16.3. The highest BCUT2D eigenvalue weighted by Crippen LogP contribution is 2.23. The van der Waals surface area contributed by atoms with Crippen LogP contribution in [0.25, 0.3) is 10.6 Å². The minimum absolute atomic E-state index is 0.129. The molecule has 1 N–H and O–H groups in total. The van der Waals surface area contributed by atoms with E-state index in [1.807, 2.05) is 31.2 Å². The van der Waals surface area contributed by atoms with E-state index in [1.165, 1.54) is 16.9 Å². The number of hydrogen-bond donors (Lipinski definition) is 1. The van der Waals surface area contributed by atoms with Crippen LogP contribution < -0.4 is 5.32 Å². The number of aromatic nitrogens is 1. The molecule has 2 rings (SSSR count). The second-order valence-corrected chi connectivity index (χ2v) is 5.36. The van der Waals surface area contributed by atoms with E-state index in [1.54, 1.807) is 12.5 Å². The van der Waals surface area contributed by atoms with Crippen molar-refractivity contribution in [2.75, 3.05) is 20.3 Å². The first-order chi connectivity index (χ1) is 9.70. The van der Waals surface area contributed by atoms with Gasteiger partial charge in [0.2, 0.25) is 0 Å². The summed E-state index contributed by atoms with van der Waals surface area (Å²) in [5.74, 6) is -0.129. The van der Waals surface area contributed by atoms with Crippen LogP contribution in [0, 0.1) is 6.92 Å². The SMILES string of the molecule is COCCCNC(=O)c1csc(-c2ccc(C)cc2)n1. The number of methoxy groups -OCH3 is 1. The summed E-state index contributed by atoms with van der Waals surface area (Å²) in [5.41, 5.74) is 2.73. The first-order valence-corrected chi connectivity index (χ1v) is 7.38. The lowest BCUT2D eigenvalue weighted by Crippen LogP contribution is -2.25. The number of rotatable bonds is 6. The van der Waals surface area contributed by atoms with Crippen LogP contribution in [0.2, 0.25) is 0 Å². The Morgan fingerprint density at radius 3 is 2.80 bits per heavy atom. The molecule has 0 saturated carbocycles. The third-order valence-corrected chi connectivity index (χ3v) is 3.74. The summed E-state index contributed by atoms with van der Waals surface area (Å²) in [6.45, 7) is 3.29. The third-order valence-electron chi connectivity index (χ3n) is 2.85. The van der Waals surface area contributed by atoms with Crippen molar-refractivity contribution in [2.24, 2.45) is 0 Å². The fourth-order valence-corrected chi connectivity index (χ4v) is 2.52. The van der Waals surface area contributed by atoms with Gasteiger partial charge < -0.3 is 10.1 Å². The Morgan fingerprint density at radius 1 is 1.35 bits per heavy atom. The van der Waals surface area contributed by atoms with Crippen molar-refractivity contribution in [3.05, 3.63) is 40.9 Å². The van der Waals surface area contributed by atoms with Crippen LogP contribution in [0.4, 0.5) is 0 Å². The molecule has 2 aromatic rings. The molecule has 5 heteroatoms. The molecular formula is C15H18N2O2S. The molecule has 4 nitrogen and oxygen atoms in total. The number of carbonyl (C=O) groups is 1. The number of carbonyl (C=O) groups excluding carboxylic acids is 1. The van der Waals surface area contributed by atoms with Crippen LogP contribution >= 0.6 is 11.3 Å². The first-order valence-electron chi connectivity index (χ1n) is 6.50. The maximum absolute atomic E-state index is 11.9. The van der Waals surface area contributed by atoms with E-state index in [4.69, 9.17) is 4.74 Å². The normalized spacial score (nSPS) is 10.5. The second-order valence-electron chi connectivity index (χ2n) is 4.51. The lowest BCUT2D eigenvalue weighted by molar-refractivity contribution is 0.0944. The Balaban J connectivity index is 1.98. The molecule has 106 valence electrons. The Bertz CT molecular complexity index is 564. The molecule has 0 unspecified atom stereocenters. The quantitative estimate of drug-likeness (QED) is 0.832. The van der Waals surface area contributed by atoms with E-state index >= 15 is 0 Å². The predicted molar refractivity (Wildman–Crippen MR) is 81.1 cm³/mol. The predicted octanol–water partition coefficient (Wildman–Crippen LogP) is 2.88. The van der Waals surface area contributed by atoms with E-state index in [0.717, 1.165) is 17.0 Å². The van der Waals surface area contributed by atoms with Gasteiger partial charge in [0.25, 0.3) is 5.91 Å². The Hall–Kier alpha value is -1.72. The van der Waals surface area contributed by atoms with Crippen LogP contribution in [-0.4, -0.2) is 31.2 Å². The fourth-order valence-electron chi connectivity index (χ4n) is 1.72. The Kier molecular flexibility index (Phi) is 5.26. The van der Waals surface area contributed by atoms with Crippen molar-refractivity contribution in [2.45, 2.75) is 13.3 Å². The van der Waals surface area contributed by atoms with Gasteiger partial charge in [0.1, 0.15) is 10.7 Å². The van der Waals surface area contributed by atoms with E-state index in [2.05, 4.69) is 10.3 Å². The van der Waals surface area contributed by atoms with Crippen molar-refractivity contribution < 1.29 is 9.53 Å². The molecule has 0 aliphatic rings. The zero-order valence-corrected chi connectivity index (χ0v) is 12.5. The van der Waals surface area contributed by atoms with Gasteiger partial charge in [-0.2, -0.15) is 0 Å². The first kappa shape index (κ1) is 14.7. The summed E-state index contributed by atoms with van der Waals surface area (Å²) in [5, 5.41) is 5.49. The van der Waals surface area contributed by atoms with E-state index < -0.39 is 0 Å². The van der Waals surface area contributed by atoms with E-state index in [9.17, 15) is 4.79 Å². The second kappa shape index (κ2) is 7.17. The molecule has 1 heterocycles. The van der Waals surface area contributed by atoms with Gasteiger partial charge in [0.05, 0.1) is 0 Å². The smallest absolute Gasteiger partial charge is 0.270 e. The van der Waals surface area contributed by atoms with Crippen LogP contribution in [0.5, 0.6) is 0 Å². The summed E-state index contributed by atoms with van der Waals surface area (Å²) < 4.78 is 4.94. The number of ether oxygens (including phenoxy) is 1. The van der Waals surface area contributed by atoms with Crippen LogP contribution in [0.1, 0.15) is 22.5 Å². The largest absolute Gasteiger partial charge is 0.385 e. The Labute approximate surface area is 122 Å². The number of nitrogens with one attached hydrogen (secondary N) is 1. The molecule has 1 aromatic carbocycles. The van der Waals surface area contributed by atoms with Crippen LogP contribution in [-0.2, 0) is 4.74 Å². The monoisotopic (exact) mass is 290 g/mol. The van der Waals surface area contributed by atoms with E-state index in [-0.39, 0.29) is 5.91 Å². The number of nitrogens with zero attached hydrogens (tertiary/aromatic N) is 1.